The fraction of sp³-hybridized carbons (Fsp3) is 0. The Bertz CT molecular complexity index is 1410. The van der Waals surface area contributed by atoms with Crippen LogP contribution in [0.2, 0.25) is 0 Å². The predicted molar refractivity (Wildman–Crippen MR) is 117 cm³/mol. The van der Waals surface area contributed by atoms with Crippen molar-refractivity contribution in [2.45, 2.75) is 14.8 Å². The van der Waals surface area contributed by atoms with Gasteiger partial charge in [0.05, 0.1) is 15.5 Å². The van der Waals surface area contributed by atoms with Crippen LogP contribution >= 0.6 is 0 Å². The Kier molecular flexibility index (Phi) is 5.53. The molecule has 1 N–H and O–H groups in total. The molecule has 0 spiro atoms. The highest BCUT2D eigenvalue weighted by atomic mass is 32.2. The van der Waals surface area contributed by atoms with E-state index in [4.69, 9.17) is 0 Å². The number of anilines is 1. The average Bonchev–Trinajstić information content (AvgIpc) is 2.80. The summed E-state index contributed by atoms with van der Waals surface area (Å²) in [5.41, 5.74) is 0.894. The van der Waals surface area contributed by atoms with Crippen LogP contribution in [0.1, 0.15) is 0 Å². The van der Waals surface area contributed by atoms with Crippen molar-refractivity contribution < 1.29 is 16.8 Å². The standard InChI is InChI=1S/C22H17N3O4S2/c26-30(27,18-12-6-2-7-13-18)21-16-20(17-10-4-1-5-11-17)23-22(24-21)25-31(28,29)19-14-8-3-9-15-19/h1-16H,(H,23,24,25). The van der Waals surface area contributed by atoms with Gasteiger partial charge in [0.2, 0.25) is 15.8 Å². The van der Waals surface area contributed by atoms with E-state index >= 15 is 0 Å². The van der Waals surface area contributed by atoms with Gasteiger partial charge in [-0.05, 0) is 24.3 Å². The van der Waals surface area contributed by atoms with Gasteiger partial charge in [-0.1, -0.05) is 66.7 Å². The van der Waals surface area contributed by atoms with Gasteiger partial charge in [-0.2, -0.15) is 0 Å². The Morgan fingerprint density at radius 2 is 1.13 bits per heavy atom. The highest BCUT2D eigenvalue weighted by molar-refractivity contribution is 7.92. The molecule has 0 bridgehead atoms. The number of aromatic nitrogens is 2. The maximum atomic E-state index is 13.1. The molecule has 156 valence electrons. The molecule has 0 aliphatic carbocycles. The minimum atomic E-state index is -4.01. The summed E-state index contributed by atoms with van der Waals surface area (Å²) in [6.45, 7) is 0. The molecule has 0 atom stereocenters. The van der Waals surface area contributed by atoms with E-state index in [1.807, 2.05) is 6.07 Å². The molecular weight excluding hydrogens is 434 g/mol. The highest BCUT2D eigenvalue weighted by Crippen LogP contribution is 2.26. The van der Waals surface area contributed by atoms with Crippen LogP contribution in [-0.4, -0.2) is 26.8 Å². The van der Waals surface area contributed by atoms with E-state index in [-0.39, 0.29) is 26.5 Å². The number of nitrogens with one attached hydrogen (secondary N) is 1. The highest BCUT2D eigenvalue weighted by Gasteiger charge is 2.23. The van der Waals surface area contributed by atoms with Crippen LogP contribution in [-0.2, 0) is 19.9 Å². The Balaban J connectivity index is 1.85. The summed E-state index contributed by atoms with van der Waals surface area (Å²) in [5, 5.41) is -0.307. The van der Waals surface area contributed by atoms with Gasteiger partial charge in [0, 0.05) is 11.6 Å². The minimum absolute atomic E-state index is 0.0104. The Labute approximate surface area is 180 Å². The number of nitrogens with zero attached hydrogens (tertiary/aromatic N) is 2. The van der Waals surface area contributed by atoms with Crippen LogP contribution in [0.4, 0.5) is 5.95 Å². The fourth-order valence-corrected chi connectivity index (χ4v) is 5.06. The minimum Gasteiger partial charge on any atom is -0.247 e. The third-order valence-electron chi connectivity index (χ3n) is 4.38. The van der Waals surface area contributed by atoms with Crippen LogP contribution in [0.5, 0.6) is 0 Å². The molecule has 0 fully saturated rings. The van der Waals surface area contributed by atoms with Crippen LogP contribution in [0, 0.1) is 0 Å². The molecule has 1 aromatic heterocycles. The number of sulfone groups is 1. The molecule has 0 aliphatic rings. The summed E-state index contributed by atoms with van der Waals surface area (Å²) >= 11 is 0. The largest absolute Gasteiger partial charge is 0.264 e. The third-order valence-corrected chi connectivity index (χ3v) is 7.38. The second-order valence-corrected chi connectivity index (χ2v) is 10.1. The van der Waals surface area contributed by atoms with Gasteiger partial charge in [0.1, 0.15) is 0 Å². The molecule has 9 heteroatoms. The lowest BCUT2D eigenvalue weighted by Gasteiger charge is -2.11. The van der Waals surface area contributed by atoms with Crippen molar-refractivity contribution in [3.8, 4) is 11.3 Å². The van der Waals surface area contributed by atoms with Crippen molar-refractivity contribution in [3.05, 3.63) is 97.1 Å². The molecule has 4 rings (SSSR count). The summed E-state index contributed by atoms with van der Waals surface area (Å²) in [6, 6.07) is 25.7. The van der Waals surface area contributed by atoms with E-state index in [1.54, 1.807) is 60.7 Å². The van der Waals surface area contributed by atoms with Crippen molar-refractivity contribution in [1.82, 2.24) is 9.97 Å². The number of benzene rings is 3. The Morgan fingerprint density at radius 3 is 1.71 bits per heavy atom. The number of sulfonamides is 1. The number of rotatable bonds is 6. The van der Waals surface area contributed by atoms with Gasteiger partial charge < -0.3 is 0 Å². The molecule has 0 saturated heterocycles. The lowest BCUT2D eigenvalue weighted by Crippen LogP contribution is -2.17. The monoisotopic (exact) mass is 451 g/mol. The predicted octanol–water partition coefficient (Wildman–Crippen LogP) is 3.78. The summed E-state index contributed by atoms with van der Waals surface area (Å²) in [6.07, 6.45) is 0. The SMILES string of the molecule is O=S(=O)(Nc1nc(-c2ccccc2)cc(S(=O)(=O)c2ccccc2)n1)c1ccccc1. The van der Waals surface area contributed by atoms with Gasteiger partial charge in [0.25, 0.3) is 10.0 Å². The summed E-state index contributed by atoms with van der Waals surface area (Å²) < 4.78 is 54.0. The summed E-state index contributed by atoms with van der Waals surface area (Å²) in [7, 11) is -8.01. The van der Waals surface area contributed by atoms with Gasteiger partial charge in [-0.3, -0.25) is 0 Å². The van der Waals surface area contributed by atoms with Crippen molar-refractivity contribution >= 4 is 25.8 Å². The van der Waals surface area contributed by atoms with Crippen LogP contribution < -0.4 is 4.72 Å². The van der Waals surface area contributed by atoms with Crippen molar-refractivity contribution in [1.29, 1.82) is 0 Å². The molecule has 7 nitrogen and oxygen atoms in total. The molecular formula is C22H17N3O4S2. The molecule has 0 aliphatic heterocycles. The normalized spacial score (nSPS) is 11.7. The smallest absolute Gasteiger partial charge is 0.247 e. The zero-order valence-electron chi connectivity index (χ0n) is 16.1. The van der Waals surface area contributed by atoms with E-state index in [0.717, 1.165) is 0 Å². The first-order chi connectivity index (χ1) is 14.9. The zero-order valence-corrected chi connectivity index (χ0v) is 17.7. The van der Waals surface area contributed by atoms with Crippen LogP contribution in [0.15, 0.2) is 112 Å². The molecule has 3 aromatic carbocycles. The maximum absolute atomic E-state index is 13.1. The van der Waals surface area contributed by atoms with Crippen molar-refractivity contribution in [2.24, 2.45) is 0 Å². The number of hydrogen-bond acceptors (Lipinski definition) is 6. The van der Waals surface area contributed by atoms with Gasteiger partial charge in [-0.25, -0.2) is 31.5 Å². The van der Waals surface area contributed by atoms with Gasteiger partial charge in [-0.15, -0.1) is 0 Å². The van der Waals surface area contributed by atoms with Gasteiger partial charge in [0.15, 0.2) is 5.03 Å². The van der Waals surface area contributed by atoms with Crippen LogP contribution in [0.25, 0.3) is 11.3 Å². The first kappa shape index (κ1) is 20.7. The molecule has 0 amide bonds. The van der Waals surface area contributed by atoms with Gasteiger partial charge >= 0.3 is 0 Å². The number of hydrogen-bond donors (Lipinski definition) is 1. The molecule has 4 aromatic rings. The zero-order chi connectivity index (χ0) is 21.9. The molecule has 0 unspecified atom stereocenters. The molecule has 0 radical (unpaired) electrons. The van der Waals surface area contributed by atoms with Crippen molar-refractivity contribution in [3.63, 3.8) is 0 Å². The molecule has 31 heavy (non-hydrogen) atoms. The lowest BCUT2D eigenvalue weighted by atomic mass is 10.1. The molecule has 1 heterocycles. The third kappa shape index (κ3) is 4.47. The summed E-state index contributed by atoms with van der Waals surface area (Å²) in [4.78, 5) is 8.34. The van der Waals surface area contributed by atoms with Crippen LogP contribution in [0.3, 0.4) is 0 Å². The topological polar surface area (TPSA) is 106 Å². The fourth-order valence-electron chi connectivity index (χ4n) is 2.86. The quantitative estimate of drug-likeness (QED) is 0.447. The van der Waals surface area contributed by atoms with Crippen molar-refractivity contribution in [2.75, 3.05) is 4.72 Å². The second-order valence-electron chi connectivity index (χ2n) is 6.52. The van der Waals surface area contributed by atoms with E-state index in [1.165, 1.54) is 30.3 Å². The Morgan fingerprint density at radius 1 is 0.613 bits per heavy atom. The lowest BCUT2D eigenvalue weighted by molar-refractivity contribution is 0.591. The Hall–Kier alpha value is -3.56. The summed E-state index contributed by atoms with van der Waals surface area (Å²) in [5.74, 6) is -0.334. The maximum Gasteiger partial charge on any atom is 0.264 e. The van der Waals surface area contributed by atoms with E-state index in [9.17, 15) is 16.8 Å². The van der Waals surface area contributed by atoms with E-state index < -0.39 is 19.9 Å². The first-order valence-electron chi connectivity index (χ1n) is 9.19. The second kappa shape index (κ2) is 8.29. The van der Waals surface area contributed by atoms with E-state index in [2.05, 4.69) is 14.7 Å². The molecule has 0 saturated carbocycles. The first-order valence-corrected chi connectivity index (χ1v) is 12.2. The average molecular weight is 452 g/mol. The van der Waals surface area contributed by atoms with E-state index in [0.29, 0.717) is 5.56 Å².